The molecule has 0 aliphatic carbocycles. The molecule has 0 saturated carbocycles. The van der Waals surface area contributed by atoms with Gasteiger partial charge in [-0.3, -0.25) is 0 Å². The van der Waals surface area contributed by atoms with Crippen LogP contribution in [-0.4, -0.2) is 26.3 Å². The molecule has 80 valence electrons. The van der Waals surface area contributed by atoms with Crippen molar-refractivity contribution in [3.05, 3.63) is 28.7 Å². The maximum atomic E-state index is 4.49. The lowest BCUT2D eigenvalue weighted by Gasteiger charge is -1.96. The molecule has 0 amide bonds. The van der Waals surface area contributed by atoms with Gasteiger partial charge in [-0.1, -0.05) is 6.92 Å². The quantitative estimate of drug-likeness (QED) is 0.818. The highest BCUT2D eigenvalue weighted by atomic mass is 32.1. The molecule has 2 heterocycles. The summed E-state index contributed by atoms with van der Waals surface area (Å²) in [7, 11) is 0. The number of hydrogen-bond acceptors (Lipinski definition) is 5. The fourth-order valence-corrected chi connectivity index (χ4v) is 1.97. The number of hydrogen-bond donors (Lipinski definition) is 1. The van der Waals surface area contributed by atoms with Crippen LogP contribution in [0, 0.1) is 0 Å². The summed E-state index contributed by atoms with van der Waals surface area (Å²) in [5.74, 6) is 0. The van der Waals surface area contributed by atoms with Gasteiger partial charge >= 0.3 is 0 Å². The molecule has 0 fully saturated rings. The molecule has 0 radical (unpaired) electrons. The van der Waals surface area contributed by atoms with E-state index in [4.69, 9.17) is 0 Å². The molecule has 0 bridgehead atoms. The number of rotatable bonds is 5. The molecule has 0 unspecified atom stereocenters. The van der Waals surface area contributed by atoms with E-state index in [2.05, 4.69) is 32.7 Å². The monoisotopic (exact) mass is 223 g/mol. The van der Waals surface area contributed by atoms with Crippen LogP contribution in [0.4, 0.5) is 0 Å². The maximum Gasteiger partial charge on any atom is 0.137 e. The standard InChI is InChI=1S/C9H13N5S/c1-2-10-3-9-13-8(5-15-9)4-14-7-11-6-12-14/h5-7,10H,2-4H2,1H3. The van der Waals surface area contributed by atoms with Crippen molar-refractivity contribution in [1.82, 2.24) is 25.1 Å². The molecular formula is C9H13N5S. The van der Waals surface area contributed by atoms with Gasteiger partial charge in [-0.25, -0.2) is 14.6 Å². The average Bonchev–Trinajstić information content (AvgIpc) is 2.87. The minimum absolute atomic E-state index is 0.697. The second-order valence-corrected chi connectivity index (χ2v) is 4.05. The van der Waals surface area contributed by atoms with Gasteiger partial charge in [0.2, 0.25) is 0 Å². The Balaban J connectivity index is 1.95. The Bertz CT molecular complexity index is 394. The molecule has 5 nitrogen and oxygen atoms in total. The number of thiazole rings is 1. The smallest absolute Gasteiger partial charge is 0.137 e. The van der Waals surface area contributed by atoms with Crippen molar-refractivity contribution in [2.24, 2.45) is 0 Å². The first-order chi connectivity index (χ1) is 7.38. The molecule has 6 heteroatoms. The topological polar surface area (TPSA) is 55.6 Å². The first-order valence-corrected chi connectivity index (χ1v) is 5.73. The third kappa shape index (κ3) is 2.84. The molecule has 0 aromatic carbocycles. The predicted molar refractivity (Wildman–Crippen MR) is 58.6 cm³/mol. The molecule has 1 N–H and O–H groups in total. The van der Waals surface area contributed by atoms with Crippen molar-refractivity contribution >= 4 is 11.3 Å². The van der Waals surface area contributed by atoms with Gasteiger partial charge in [0.1, 0.15) is 17.7 Å². The summed E-state index contributed by atoms with van der Waals surface area (Å²) in [6.07, 6.45) is 3.23. The van der Waals surface area contributed by atoms with E-state index in [1.165, 1.54) is 6.33 Å². The van der Waals surface area contributed by atoms with Crippen LogP contribution in [-0.2, 0) is 13.1 Å². The summed E-state index contributed by atoms with van der Waals surface area (Å²) in [5.41, 5.74) is 1.04. The van der Waals surface area contributed by atoms with E-state index in [0.29, 0.717) is 6.54 Å². The average molecular weight is 223 g/mol. The number of nitrogens with zero attached hydrogens (tertiary/aromatic N) is 4. The van der Waals surface area contributed by atoms with E-state index in [1.54, 1.807) is 22.3 Å². The van der Waals surface area contributed by atoms with Crippen molar-refractivity contribution in [3.8, 4) is 0 Å². The van der Waals surface area contributed by atoms with E-state index in [-0.39, 0.29) is 0 Å². The van der Waals surface area contributed by atoms with Gasteiger partial charge in [-0.2, -0.15) is 5.10 Å². The molecule has 0 spiro atoms. The van der Waals surface area contributed by atoms with Gasteiger partial charge in [0.25, 0.3) is 0 Å². The zero-order valence-electron chi connectivity index (χ0n) is 8.55. The zero-order valence-corrected chi connectivity index (χ0v) is 9.37. The Morgan fingerprint density at radius 1 is 1.53 bits per heavy atom. The van der Waals surface area contributed by atoms with Crippen LogP contribution in [0.3, 0.4) is 0 Å². The number of aromatic nitrogens is 4. The number of nitrogens with one attached hydrogen (secondary N) is 1. The summed E-state index contributed by atoms with van der Waals surface area (Å²) in [4.78, 5) is 8.38. The highest BCUT2D eigenvalue weighted by Gasteiger charge is 2.02. The van der Waals surface area contributed by atoms with Crippen LogP contribution >= 0.6 is 11.3 Å². The Morgan fingerprint density at radius 2 is 2.47 bits per heavy atom. The van der Waals surface area contributed by atoms with Crippen LogP contribution < -0.4 is 5.32 Å². The lowest BCUT2D eigenvalue weighted by atomic mass is 10.5. The maximum absolute atomic E-state index is 4.49. The summed E-state index contributed by atoms with van der Waals surface area (Å²) in [6.45, 7) is 4.60. The fourth-order valence-electron chi connectivity index (χ4n) is 1.22. The molecule has 2 aromatic rings. The molecule has 15 heavy (non-hydrogen) atoms. The Morgan fingerprint density at radius 3 is 3.20 bits per heavy atom. The Labute approximate surface area is 92.2 Å². The first-order valence-electron chi connectivity index (χ1n) is 4.85. The van der Waals surface area contributed by atoms with Crippen LogP contribution in [0.1, 0.15) is 17.6 Å². The van der Waals surface area contributed by atoms with Crippen LogP contribution in [0.25, 0.3) is 0 Å². The summed E-state index contributed by atoms with van der Waals surface area (Å²) >= 11 is 1.68. The SMILES string of the molecule is CCNCc1nc(Cn2cncn2)cs1. The predicted octanol–water partition coefficient (Wildman–Crippen LogP) is 0.892. The second-order valence-electron chi connectivity index (χ2n) is 3.11. The van der Waals surface area contributed by atoms with Crippen LogP contribution in [0.2, 0.25) is 0 Å². The van der Waals surface area contributed by atoms with E-state index < -0.39 is 0 Å². The molecule has 2 rings (SSSR count). The van der Waals surface area contributed by atoms with E-state index in [9.17, 15) is 0 Å². The van der Waals surface area contributed by atoms with Crippen molar-refractivity contribution in [1.29, 1.82) is 0 Å². The summed E-state index contributed by atoms with van der Waals surface area (Å²) in [5, 5.41) is 10.5. The van der Waals surface area contributed by atoms with E-state index >= 15 is 0 Å². The van der Waals surface area contributed by atoms with Gasteiger partial charge in [-0.05, 0) is 6.54 Å². The van der Waals surface area contributed by atoms with Gasteiger partial charge in [0.05, 0.1) is 12.2 Å². The lowest BCUT2D eigenvalue weighted by molar-refractivity contribution is 0.666. The van der Waals surface area contributed by atoms with Crippen molar-refractivity contribution in [2.75, 3.05) is 6.54 Å². The molecular weight excluding hydrogens is 210 g/mol. The lowest BCUT2D eigenvalue weighted by Crippen LogP contribution is -2.11. The fraction of sp³-hybridized carbons (Fsp3) is 0.444. The molecule has 0 aliphatic heterocycles. The third-order valence-electron chi connectivity index (χ3n) is 1.92. The second kappa shape index (κ2) is 4.99. The normalized spacial score (nSPS) is 10.7. The molecule has 0 aliphatic rings. The molecule has 0 atom stereocenters. The van der Waals surface area contributed by atoms with Crippen molar-refractivity contribution < 1.29 is 0 Å². The van der Waals surface area contributed by atoms with E-state index in [1.807, 2.05) is 0 Å². The van der Waals surface area contributed by atoms with Gasteiger partial charge in [0, 0.05) is 11.9 Å². The minimum atomic E-state index is 0.697. The van der Waals surface area contributed by atoms with Crippen molar-refractivity contribution in [2.45, 2.75) is 20.0 Å². The van der Waals surface area contributed by atoms with Crippen LogP contribution in [0.5, 0.6) is 0 Å². The minimum Gasteiger partial charge on any atom is -0.311 e. The highest BCUT2D eigenvalue weighted by molar-refractivity contribution is 7.09. The molecule has 2 aromatic heterocycles. The molecule has 0 saturated heterocycles. The zero-order chi connectivity index (χ0) is 10.5. The summed E-state index contributed by atoms with van der Waals surface area (Å²) in [6, 6.07) is 0. The van der Waals surface area contributed by atoms with E-state index in [0.717, 1.165) is 23.8 Å². The first kappa shape index (κ1) is 10.3. The van der Waals surface area contributed by atoms with Crippen molar-refractivity contribution in [3.63, 3.8) is 0 Å². The Kier molecular flexibility index (Phi) is 3.41. The van der Waals surface area contributed by atoms with Gasteiger partial charge < -0.3 is 5.32 Å². The van der Waals surface area contributed by atoms with Crippen LogP contribution in [0.15, 0.2) is 18.0 Å². The largest absolute Gasteiger partial charge is 0.311 e. The van der Waals surface area contributed by atoms with Gasteiger partial charge in [0.15, 0.2) is 0 Å². The summed E-state index contributed by atoms with van der Waals surface area (Å²) < 4.78 is 1.77. The third-order valence-corrected chi connectivity index (χ3v) is 2.81. The Hall–Kier alpha value is -1.27. The van der Waals surface area contributed by atoms with Gasteiger partial charge in [-0.15, -0.1) is 11.3 Å². The highest BCUT2D eigenvalue weighted by Crippen LogP contribution is 2.10.